The zero-order chi connectivity index (χ0) is 19.0. The van der Waals surface area contributed by atoms with E-state index in [1.807, 2.05) is 36.0 Å². The number of carbonyl (C=O) groups is 1. The summed E-state index contributed by atoms with van der Waals surface area (Å²) in [6.45, 7) is 0.477. The molecule has 0 unspecified atom stereocenters. The summed E-state index contributed by atoms with van der Waals surface area (Å²) in [6.07, 6.45) is 3.49. The molecule has 1 saturated heterocycles. The fraction of sp³-hybridized carbons (Fsp3) is 0.250. The first-order chi connectivity index (χ1) is 12.9. The van der Waals surface area contributed by atoms with E-state index in [4.69, 9.17) is 0 Å². The molecule has 6 nitrogen and oxygen atoms in total. The second-order valence-electron chi connectivity index (χ2n) is 6.80. The Morgan fingerprint density at radius 2 is 1.93 bits per heavy atom. The molecular weight excluding hydrogens is 362 g/mol. The number of hydrogen-bond acceptors (Lipinski definition) is 3. The standard InChI is InChI=1S/C20H21N3O3S/c1-22-11-9-15-13-16(7-8-19(15)22)20(24)21-17-5-4-6-18(14-17)23-10-2-3-12-27(23,25)26/h4-9,11,13-14H,2-3,10,12H2,1H3,(H,21,24). The van der Waals surface area contributed by atoms with Gasteiger partial charge in [-0.05, 0) is 55.3 Å². The first-order valence-electron chi connectivity index (χ1n) is 8.91. The molecule has 4 rings (SSSR count). The zero-order valence-electron chi connectivity index (χ0n) is 15.1. The largest absolute Gasteiger partial charge is 0.351 e. The first-order valence-corrected chi connectivity index (χ1v) is 10.5. The number of anilines is 2. The zero-order valence-corrected chi connectivity index (χ0v) is 15.9. The molecule has 2 aromatic carbocycles. The van der Waals surface area contributed by atoms with Crippen molar-refractivity contribution in [3.63, 3.8) is 0 Å². The van der Waals surface area contributed by atoms with Crippen molar-refractivity contribution in [3.05, 3.63) is 60.3 Å². The second-order valence-corrected chi connectivity index (χ2v) is 8.81. The van der Waals surface area contributed by atoms with Gasteiger partial charge in [-0.15, -0.1) is 0 Å². The molecule has 1 fully saturated rings. The van der Waals surface area contributed by atoms with Crippen molar-refractivity contribution in [2.75, 3.05) is 21.9 Å². The predicted octanol–water partition coefficient (Wildman–Crippen LogP) is 3.36. The van der Waals surface area contributed by atoms with Crippen molar-refractivity contribution in [2.24, 2.45) is 7.05 Å². The highest BCUT2D eigenvalue weighted by atomic mass is 32.2. The minimum Gasteiger partial charge on any atom is -0.351 e. The quantitative estimate of drug-likeness (QED) is 0.754. The fourth-order valence-electron chi connectivity index (χ4n) is 3.44. The molecule has 3 aromatic rings. The smallest absolute Gasteiger partial charge is 0.255 e. The molecule has 7 heteroatoms. The lowest BCUT2D eigenvalue weighted by Crippen LogP contribution is -2.37. The molecule has 1 N–H and O–H groups in total. The lowest BCUT2D eigenvalue weighted by atomic mass is 10.1. The first kappa shape index (κ1) is 17.6. The SMILES string of the molecule is Cn1ccc2cc(C(=O)Nc3cccc(N4CCCCS4(=O)=O)c3)ccc21. The minimum atomic E-state index is -3.28. The molecule has 140 valence electrons. The van der Waals surface area contributed by atoms with Crippen LogP contribution in [-0.2, 0) is 17.1 Å². The van der Waals surface area contributed by atoms with Crippen LogP contribution < -0.4 is 9.62 Å². The molecule has 0 bridgehead atoms. The summed E-state index contributed by atoms with van der Waals surface area (Å²) in [7, 11) is -1.32. The second kappa shape index (κ2) is 6.74. The molecule has 1 aromatic heterocycles. The third-order valence-electron chi connectivity index (χ3n) is 4.89. The van der Waals surface area contributed by atoms with Crippen molar-refractivity contribution in [1.29, 1.82) is 0 Å². The average molecular weight is 383 g/mol. The Morgan fingerprint density at radius 3 is 2.74 bits per heavy atom. The lowest BCUT2D eigenvalue weighted by Gasteiger charge is -2.28. The van der Waals surface area contributed by atoms with Crippen LogP contribution in [0.2, 0.25) is 0 Å². The number of rotatable bonds is 3. The number of amides is 1. The number of nitrogens with one attached hydrogen (secondary N) is 1. The van der Waals surface area contributed by atoms with Crippen molar-refractivity contribution in [2.45, 2.75) is 12.8 Å². The topological polar surface area (TPSA) is 71.4 Å². The number of hydrogen-bond donors (Lipinski definition) is 1. The van der Waals surface area contributed by atoms with Crippen LogP contribution in [0.5, 0.6) is 0 Å². The molecule has 0 saturated carbocycles. The lowest BCUT2D eigenvalue weighted by molar-refractivity contribution is 0.102. The van der Waals surface area contributed by atoms with Gasteiger partial charge >= 0.3 is 0 Å². The molecular formula is C20H21N3O3S. The van der Waals surface area contributed by atoms with E-state index in [-0.39, 0.29) is 11.7 Å². The Kier molecular flexibility index (Phi) is 4.39. The van der Waals surface area contributed by atoms with Gasteiger partial charge in [0.1, 0.15) is 0 Å². The van der Waals surface area contributed by atoms with Crippen molar-refractivity contribution < 1.29 is 13.2 Å². The molecule has 2 heterocycles. The third kappa shape index (κ3) is 3.42. The van der Waals surface area contributed by atoms with Gasteiger partial charge < -0.3 is 9.88 Å². The Hall–Kier alpha value is -2.80. The van der Waals surface area contributed by atoms with E-state index in [9.17, 15) is 13.2 Å². The maximum Gasteiger partial charge on any atom is 0.255 e. The number of nitrogens with zero attached hydrogens (tertiary/aromatic N) is 2. The van der Waals surface area contributed by atoms with Crippen LogP contribution in [0.15, 0.2) is 54.7 Å². The molecule has 1 aliphatic rings. The van der Waals surface area contributed by atoms with Gasteiger partial charge in [0.05, 0.1) is 11.4 Å². The Bertz CT molecular complexity index is 1120. The highest BCUT2D eigenvalue weighted by Gasteiger charge is 2.26. The number of fused-ring (bicyclic) bond motifs is 1. The third-order valence-corrected chi connectivity index (χ3v) is 6.76. The van der Waals surface area contributed by atoms with Crippen LogP contribution in [-0.4, -0.2) is 31.2 Å². The van der Waals surface area contributed by atoms with Crippen LogP contribution in [0.25, 0.3) is 10.9 Å². The van der Waals surface area contributed by atoms with E-state index in [0.717, 1.165) is 17.3 Å². The Labute approximate surface area is 158 Å². The fourth-order valence-corrected chi connectivity index (χ4v) is 5.08. The van der Waals surface area contributed by atoms with Crippen molar-refractivity contribution in [1.82, 2.24) is 4.57 Å². The van der Waals surface area contributed by atoms with Gasteiger partial charge in [-0.2, -0.15) is 0 Å². The molecule has 0 aliphatic carbocycles. The van der Waals surface area contributed by atoms with E-state index in [0.29, 0.717) is 29.9 Å². The van der Waals surface area contributed by atoms with E-state index in [1.165, 1.54) is 4.31 Å². The molecule has 1 aliphatic heterocycles. The van der Waals surface area contributed by atoms with E-state index in [1.54, 1.807) is 30.3 Å². The summed E-state index contributed by atoms with van der Waals surface area (Å²) in [5.74, 6) is -0.0554. The maximum atomic E-state index is 12.6. The van der Waals surface area contributed by atoms with Gasteiger partial charge in [0.2, 0.25) is 10.0 Å². The number of carbonyl (C=O) groups excluding carboxylic acids is 1. The summed E-state index contributed by atoms with van der Waals surface area (Å²) < 4.78 is 28.0. The molecule has 0 spiro atoms. The summed E-state index contributed by atoms with van der Waals surface area (Å²) in [6, 6.07) is 14.5. The Morgan fingerprint density at radius 1 is 1.07 bits per heavy atom. The van der Waals surface area contributed by atoms with Gasteiger partial charge in [0.25, 0.3) is 5.91 Å². The minimum absolute atomic E-state index is 0.167. The van der Waals surface area contributed by atoms with Crippen molar-refractivity contribution >= 4 is 38.2 Å². The van der Waals surface area contributed by atoms with Gasteiger partial charge in [-0.25, -0.2) is 8.42 Å². The number of aromatic nitrogens is 1. The highest BCUT2D eigenvalue weighted by Crippen LogP contribution is 2.26. The van der Waals surface area contributed by atoms with Gasteiger partial charge in [0.15, 0.2) is 0 Å². The van der Waals surface area contributed by atoms with Gasteiger partial charge in [0, 0.05) is 41.9 Å². The highest BCUT2D eigenvalue weighted by molar-refractivity contribution is 7.92. The van der Waals surface area contributed by atoms with E-state index in [2.05, 4.69) is 5.32 Å². The summed E-state index contributed by atoms with van der Waals surface area (Å²) in [4.78, 5) is 12.6. The van der Waals surface area contributed by atoms with Gasteiger partial charge in [-0.1, -0.05) is 6.07 Å². The Balaban J connectivity index is 1.57. The average Bonchev–Trinajstić information content (AvgIpc) is 3.02. The molecule has 27 heavy (non-hydrogen) atoms. The van der Waals surface area contributed by atoms with Crippen LogP contribution >= 0.6 is 0 Å². The number of sulfonamides is 1. The molecule has 0 atom stereocenters. The summed E-state index contributed by atoms with van der Waals surface area (Å²) in [5.41, 5.74) is 2.78. The summed E-state index contributed by atoms with van der Waals surface area (Å²) in [5, 5.41) is 3.87. The summed E-state index contributed by atoms with van der Waals surface area (Å²) >= 11 is 0. The molecule has 1 amide bonds. The van der Waals surface area contributed by atoms with Crippen LogP contribution in [0.3, 0.4) is 0 Å². The predicted molar refractivity (Wildman–Crippen MR) is 108 cm³/mol. The van der Waals surface area contributed by atoms with E-state index >= 15 is 0 Å². The van der Waals surface area contributed by atoms with Crippen LogP contribution in [0.4, 0.5) is 11.4 Å². The van der Waals surface area contributed by atoms with Crippen molar-refractivity contribution in [3.8, 4) is 0 Å². The molecule has 0 radical (unpaired) electrons. The van der Waals surface area contributed by atoms with Gasteiger partial charge in [-0.3, -0.25) is 9.10 Å². The number of benzene rings is 2. The van der Waals surface area contributed by atoms with E-state index < -0.39 is 10.0 Å². The van der Waals surface area contributed by atoms with Crippen LogP contribution in [0, 0.1) is 0 Å². The normalized spacial score (nSPS) is 16.4. The monoisotopic (exact) mass is 383 g/mol. The number of aryl methyl sites for hydroxylation is 1. The van der Waals surface area contributed by atoms with Crippen LogP contribution in [0.1, 0.15) is 23.2 Å². The maximum absolute atomic E-state index is 12.6.